The maximum atomic E-state index is 5.48. The quantitative estimate of drug-likeness (QED) is 0.490. The molecule has 0 amide bonds. The molecule has 46 valence electrons. The molecule has 3 nitrogen and oxygen atoms in total. The summed E-state index contributed by atoms with van der Waals surface area (Å²) in [5.74, 6) is 0. The van der Waals surface area contributed by atoms with E-state index in [0.29, 0.717) is 6.67 Å². The Morgan fingerprint density at radius 2 is 2.62 bits per heavy atom. The van der Waals surface area contributed by atoms with Crippen molar-refractivity contribution in [2.45, 2.75) is 6.92 Å². The molecule has 0 bridgehead atoms. The first kappa shape index (κ1) is 5.69. The number of halogens is 1. The van der Waals surface area contributed by atoms with E-state index in [1.54, 1.807) is 6.34 Å². The third kappa shape index (κ3) is 1.04. The molecular formula is C4H8ClN3. The molecule has 1 heterocycles. The van der Waals surface area contributed by atoms with Crippen LogP contribution < -0.4 is 0 Å². The van der Waals surface area contributed by atoms with Gasteiger partial charge in [0.1, 0.15) is 13.0 Å². The predicted octanol–water partition coefficient (Wildman–Crippen LogP) is 0.678. The fourth-order valence-corrected chi connectivity index (χ4v) is 0.710. The summed E-state index contributed by atoms with van der Waals surface area (Å²) in [7, 11) is 0. The molecule has 0 aromatic rings. The van der Waals surface area contributed by atoms with Gasteiger partial charge in [-0.1, -0.05) is 0 Å². The van der Waals surface area contributed by atoms with Gasteiger partial charge in [-0.3, -0.25) is 0 Å². The van der Waals surface area contributed by atoms with Crippen LogP contribution in [0.5, 0.6) is 0 Å². The molecule has 0 radical (unpaired) electrons. The summed E-state index contributed by atoms with van der Waals surface area (Å²) in [5.41, 5.74) is 0. The Labute approximate surface area is 53.6 Å². The van der Waals surface area contributed by atoms with Crippen molar-refractivity contribution in [1.29, 1.82) is 0 Å². The second-order valence-corrected chi connectivity index (χ2v) is 2.00. The van der Waals surface area contributed by atoms with Crippen molar-refractivity contribution < 1.29 is 0 Å². The highest BCUT2D eigenvalue weighted by Gasteiger charge is 2.07. The van der Waals surface area contributed by atoms with Crippen molar-refractivity contribution in [3.05, 3.63) is 0 Å². The van der Waals surface area contributed by atoms with Crippen molar-refractivity contribution in [3.8, 4) is 0 Å². The van der Waals surface area contributed by atoms with Crippen LogP contribution in [0.15, 0.2) is 5.10 Å². The van der Waals surface area contributed by atoms with Crippen molar-refractivity contribution in [3.63, 3.8) is 0 Å². The summed E-state index contributed by atoms with van der Waals surface area (Å²) in [4.78, 5) is 2.01. The molecule has 1 aliphatic rings. The molecule has 0 atom stereocenters. The lowest BCUT2D eigenvalue weighted by Gasteiger charge is -2.09. The third-order valence-electron chi connectivity index (χ3n) is 1.04. The zero-order valence-electron chi connectivity index (χ0n) is 4.71. The summed E-state index contributed by atoms with van der Waals surface area (Å²) < 4.78 is 1.38. The highest BCUT2D eigenvalue weighted by atomic mass is 35.5. The SMILES string of the molecule is CCN1C=NN(Cl)C1. The average molecular weight is 134 g/mol. The lowest BCUT2D eigenvalue weighted by molar-refractivity contribution is 0.361. The van der Waals surface area contributed by atoms with E-state index in [-0.39, 0.29) is 0 Å². The predicted molar refractivity (Wildman–Crippen MR) is 33.4 cm³/mol. The minimum Gasteiger partial charge on any atom is -0.341 e. The summed E-state index contributed by atoms with van der Waals surface area (Å²) in [6.45, 7) is 3.73. The normalized spacial score (nSPS) is 18.2. The van der Waals surface area contributed by atoms with Crippen molar-refractivity contribution in [2.75, 3.05) is 13.2 Å². The zero-order chi connectivity index (χ0) is 5.98. The van der Waals surface area contributed by atoms with E-state index in [0.717, 1.165) is 6.54 Å². The Morgan fingerprint density at radius 3 is 2.88 bits per heavy atom. The number of hydrazone groups is 1. The molecule has 8 heavy (non-hydrogen) atoms. The minimum atomic E-state index is 0.706. The highest BCUT2D eigenvalue weighted by Crippen LogP contribution is 2.02. The van der Waals surface area contributed by atoms with Gasteiger partial charge in [0.25, 0.3) is 0 Å². The van der Waals surface area contributed by atoms with Crippen LogP contribution in [-0.2, 0) is 0 Å². The number of hydrogen-bond acceptors (Lipinski definition) is 3. The Hall–Kier alpha value is -0.440. The molecule has 0 aliphatic carbocycles. The standard InChI is InChI=1S/C4H8ClN3/c1-2-7-3-6-8(5)4-7/h3H,2,4H2,1H3. The van der Waals surface area contributed by atoms with Gasteiger partial charge in [-0.15, -0.1) is 0 Å². The van der Waals surface area contributed by atoms with Crippen molar-refractivity contribution >= 4 is 18.1 Å². The molecule has 0 aromatic carbocycles. The zero-order valence-corrected chi connectivity index (χ0v) is 5.47. The fraction of sp³-hybridized carbons (Fsp3) is 0.750. The molecule has 0 unspecified atom stereocenters. The van der Waals surface area contributed by atoms with Crippen LogP contribution in [0.2, 0.25) is 0 Å². The lowest BCUT2D eigenvalue weighted by atomic mass is 10.7. The second-order valence-electron chi connectivity index (χ2n) is 1.61. The number of rotatable bonds is 1. The molecule has 1 rings (SSSR count). The van der Waals surface area contributed by atoms with Crippen LogP contribution in [0.1, 0.15) is 6.92 Å². The van der Waals surface area contributed by atoms with Crippen molar-refractivity contribution in [2.24, 2.45) is 5.10 Å². The van der Waals surface area contributed by atoms with E-state index in [1.165, 1.54) is 4.53 Å². The van der Waals surface area contributed by atoms with Crippen LogP contribution in [0.3, 0.4) is 0 Å². The molecule has 0 spiro atoms. The van der Waals surface area contributed by atoms with Gasteiger partial charge < -0.3 is 4.90 Å². The van der Waals surface area contributed by atoms with Gasteiger partial charge in [0.05, 0.1) is 0 Å². The van der Waals surface area contributed by atoms with Crippen LogP contribution in [0, 0.1) is 0 Å². The first-order chi connectivity index (χ1) is 3.83. The summed E-state index contributed by atoms with van der Waals surface area (Å²) in [6, 6.07) is 0. The fourth-order valence-electron chi connectivity index (χ4n) is 0.534. The molecular weight excluding hydrogens is 126 g/mol. The molecule has 1 aliphatic heterocycles. The second kappa shape index (κ2) is 2.22. The largest absolute Gasteiger partial charge is 0.341 e. The first-order valence-electron chi connectivity index (χ1n) is 2.54. The maximum absolute atomic E-state index is 5.48. The van der Waals surface area contributed by atoms with Gasteiger partial charge in [-0.05, 0) is 6.92 Å². The Kier molecular flexibility index (Phi) is 1.58. The van der Waals surface area contributed by atoms with Gasteiger partial charge in [-0.25, -0.2) is 0 Å². The van der Waals surface area contributed by atoms with E-state index in [9.17, 15) is 0 Å². The molecule has 0 fully saturated rings. The van der Waals surface area contributed by atoms with E-state index >= 15 is 0 Å². The van der Waals surface area contributed by atoms with E-state index < -0.39 is 0 Å². The summed E-state index contributed by atoms with van der Waals surface area (Å²) >= 11 is 5.48. The Morgan fingerprint density at radius 1 is 1.88 bits per heavy atom. The molecule has 0 N–H and O–H groups in total. The van der Waals surface area contributed by atoms with E-state index in [1.807, 2.05) is 4.90 Å². The smallest absolute Gasteiger partial charge is 0.125 e. The Bertz CT molecular complexity index is 103. The molecule has 0 aromatic heterocycles. The lowest BCUT2D eigenvalue weighted by Crippen LogP contribution is -2.21. The van der Waals surface area contributed by atoms with E-state index in [2.05, 4.69) is 12.0 Å². The van der Waals surface area contributed by atoms with Crippen LogP contribution in [0.25, 0.3) is 0 Å². The molecule has 0 saturated heterocycles. The summed E-state index contributed by atoms with van der Waals surface area (Å²) in [5, 5.41) is 3.79. The average Bonchev–Trinajstić information content (AvgIpc) is 2.14. The highest BCUT2D eigenvalue weighted by molar-refractivity contribution is 6.13. The molecule has 0 saturated carbocycles. The Balaban J connectivity index is 2.34. The molecule has 4 heteroatoms. The minimum absolute atomic E-state index is 0.706. The van der Waals surface area contributed by atoms with Crippen LogP contribution in [-0.4, -0.2) is 29.0 Å². The van der Waals surface area contributed by atoms with Gasteiger partial charge in [-0.2, -0.15) is 9.63 Å². The topological polar surface area (TPSA) is 18.8 Å². The van der Waals surface area contributed by atoms with E-state index in [4.69, 9.17) is 11.8 Å². The van der Waals surface area contributed by atoms with Crippen LogP contribution in [0.4, 0.5) is 0 Å². The number of nitrogens with zero attached hydrogens (tertiary/aromatic N) is 3. The van der Waals surface area contributed by atoms with Gasteiger partial charge >= 0.3 is 0 Å². The number of hydrogen-bond donors (Lipinski definition) is 0. The van der Waals surface area contributed by atoms with Gasteiger partial charge in [0.15, 0.2) is 0 Å². The first-order valence-corrected chi connectivity index (χ1v) is 2.88. The third-order valence-corrected chi connectivity index (χ3v) is 1.24. The van der Waals surface area contributed by atoms with Crippen LogP contribution >= 0.6 is 11.8 Å². The monoisotopic (exact) mass is 133 g/mol. The maximum Gasteiger partial charge on any atom is 0.125 e. The summed E-state index contributed by atoms with van der Waals surface area (Å²) in [6.07, 6.45) is 1.73. The van der Waals surface area contributed by atoms with Gasteiger partial charge in [0, 0.05) is 18.3 Å². The van der Waals surface area contributed by atoms with Crippen molar-refractivity contribution in [1.82, 2.24) is 9.43 Å². The van der Waals surface area contributed by atoms with Gasteiger partial charge in [0.2, 0.25) is 0 Å².